The van der Waals surface area contributed by atoms with E-state index in [9.17, 15) is 0 Å². The highest BCUT2D eigenvalue weighted by Crippen LogP contribution is 2.19. The van der Waals surface area contributed by atoms with Crippen LogP contribution in [0.2, 0.25) is 0 Å². The average Bonchev–Trinajstić information content (AvgIpc) is 2.30. The Bertz CT molecular complexity index is 267. The summed E-state index contributed by atoms with van der Waals surface area (Å²) in [5.41, 5.74) is 3.69. The Hall–Kier alpha value is -1.04. The van der Waals surface area contributed by atoms with E-state index in [-0.39, 0.29) is 12.1 Å². The summed E-state index contributed by atoms with van der Waals surface area (Å²) in [5, 5.41) is 0. The van der Waals surface area contributed by atoms with Crippen molar-refractivity contribution in [3.63, 3.8) is 0 Å². The SMILES string of the molecule is CCOC(CC)C(NN)c1cncnc1. The van der Waals surface area contributed by atoms with Crippen LogP contribution in [-0.2, 0) is 4.74 Å². The summed E-state index contributed by atoms with van der Waals surface area (Å²) in [6, 6.07) is -0.0591. The predicted octanol–water partition coefficient (Wildman–Crippen LogP) is 0.796. The molecular weight excluding hydrogens is 192 g/mol. The molecule has 0 amide bonds. The largest absolute Gasteiger partial charge is 0.376 e. The van der Waals surface area contributed by atoms with Crippen LogP contribution in [0.25, 0.3) is 0 Å². The van der Waals surface area contributed by atoms with E-state index in [0.717, 1.165) is 12.0 Å². The number of hydrazine groups is 1. The van der Waals surface area contributed by atoms with Gasteiger partial charge < -0.3 is 4.74 Å². The number of nitrogens with one attached hydrogen (secondary N) is 1. The maximum Gasteiger partial charge on any atom is 0.115 e. The lowest BCUT2D eigenvalue weighted by atomic mass is 10.0. The molecule has 0 aliphatic carbocycles. The second-order valence-corrected chi connectivity index (χ2v) is 3.22. The van der Waals surface area contributed by atoms with Gasteiger partial charge in [-0.25, -0.2) is 9.97 Å². The van der Waals surface area contributed by atoms with E-state index in [2.05, 4.69) is 22.3 Å². The predicted molar refractivity (Wildman–Crippen MR) is 57.8 cm³/mol. The Labute approximate surface area is 90.0 Å². The molecule has 3 N–H and O–H groups in total. The van der Waals surface area contributed by atoms with Gasteiger partial charge in [-0.1, -0.05) is 6.92 Å². The molecule has 1 rings (SSSR count). The van der Waals surface area contributed by atoms with Gasteiger partial charge in [-0.15, -0.1) is 0 Å². The number of rotatable bonds is 6. The Kier molecular flexibility index (Phi) is 5.17. The van der Waals surface area contributed by atoms with Gasteiger partial charge in [0, 0.05) is 24.6 Å². The van der Waals surface area contributed by atoms with Gasteiger partial charge in [0.25, 0.3) is 0 Å². The molecule has 1 aromatic rings. The Balaban J connectivity index is 2.77. The van der Waals surface area contributed by atoms with Gasteiger partial charge in [-0.2, -0.15) is 0 Å². The molecule has 0 radical (unpaired) electrons. The van der Waals surface area contributed by atoms with E-state index >= 15 is 0 Å². The van der Waals surface area contributed by atoms with Crippen LogP contribution in [0.15, 0.2) is 18.7 Å². The maximum absolute atomic E-state index is 5.60. The summed E-state index contributed by atoms with van der Waals surface area (Å²) in [6.07, 6.45) is 5.93. The second-order valence-electron chi connectivity index (χ2n) is 3.22. The first kappa shape index (κ1) is 12.0. The van der Waals surface area contributed by atoms with E-state index in [0.29, 0.717) is 6.61 Å². The smallest absolute Gasteiger partial charge is 0.115 e. The third-order valence-corrected chi connectivity index (χ3v) is 2.27. The monoisotopic (exact) mass is 210 g/mol. The molecule has 0 fully saturated rings. The number of aromatic nitrogens is 2. The number of nitrogens with two attached hydrogens (primary N) is 1. The van der Waals surface area contributed by atoms with Crippen LogP contribution in [0.3, 0.4) is 0 Å². The van der Waals surface area contributed by atoms with Crippen molar-refractivity contribution in [1.82, 2.24) is 15.4 Å². The normalized spacial score (nSPS) is 14.9. The van der Waals surface area contributed by atoms with Crippen LogP contribution >= 0.6 is 0 Å². The summed E-state index contributed by atoms with van der Waals surface area (Å²) in [6.45, 7) is 4.70. The summed E-state index contributed by atoms with van der Waals surface area (Å²) >= 11 is 0. The standard InChI is InChI=1S/C10H18N4O/c1-3-9(15-4-2)10(14-11)8-5-12-7-13-6-8/h5-7,9-10,14H,3-4,11H2,1-2H3. The van der Waals surface area contributed by atoms with Crippen molar-refractivity contribution in [1.29, 1.82) is 0 Å². The summed E-state index contributed by atoms with van der Waals surface area (Å²) in [5.74, 6) is 5.53. The van der Waals surface area contributed by atoms with E-state index in [4.69, 9.17) is 10.6 Å². The summed E-state index contributed by atoms with van der Waals surface area (Å²) in [7, 11) is 0. The molecule has 0 saturated carbocycles. The number of hydrogen-bond donors (Lipinski definition) is 2. The molecule has 15 heavy (non-hydrogen) atoms. The van der Waals surface area contributed by atoms with Crippen molar-refractivity contribution >= 4 is 0 Å². The van der Waals surface area contributed by atoms with Gasteiger partial charge in [0.2, 0.25) is 0 Å². The van der Waals surface area contributed by atoms with Gasteiger partial charge in [-0.3, -0.25) is 11.3 Å². The van der Waals surface area contributed by atoms with Crippen LogP contribution in [0.1, 0.15) is 31.9 Å². The summed E-state index contributed by atoms with van der Waals surface area (Å²) in [4.78, 5) is 7.94. The minimum atomic E-state index is -0.0591. The number of nitrogens with zero attached hydrogens (tertiary/aromatic N) is 2. The van der Waals surface area contributed by atoms with Crippen LogP contribution in [0.4, 0.5) is 0 Å². The molecular formula is C10H18N4O. The lowest BCUT2D eigenvalue weighted by Crippen LogP contribution is -2.38. The molecule has 2 atom stereocenters. The highest BCUT2D eigenvalue weighted by Gasteiger charge is 2.21. The molecule has 0 bridgehead atoms. The molecule has 0 aliphatic heterocycles. The minimum absolute atomic E-state index is 0.0472. The fraction of sp³-hybridized carbons (Fsp3) is 0.600. The quantitative estimate of drug-likeness (QED) is 0.536. The lowest BCUT2D eigenvalue weighted by molar-refractivity contribution is 0.0312. The van der Waals surface area contributed by atoms with Gasteiger partial charge in [0.1, 0.15) is 6.33 Å². The first-order valence-corrected chi connectivity index (χ1v) is 5.16. The van der Waals surface area contributed by atoms with Crippen molar-refractivity contribution in [3.05, 3.63) is 24.3 Å². The Morgan fingerprint density at radius 3 is 2.53 bits per heavy atom. The molecule has 0 aromatic carbocycles. The van der Waals surface area contributed by atoms with Crippen LogP contribution in [0.5, 0.6) is 0 Å². The number of hydrogen-bond acceptors (Lipinski definition) is 5. The third kappa shape index (κ3) is 3.23. The van der Waals surface area contributed by atoms with Gasteiger partial charge in [-0.05, 0) is 13.3 Å². The molecule has 84 valence electrons. The van der Waals surface area contributed by atoms with Gasteiger partial charge in [0.05, 0.1) is 12.1 Å². The van der Waals surface area contributed by atoms with Crippen molar-refractivity contribution < 1.29 is 4.74 Å². The van der Waals surface area contributed by atoms with E-state index in [1.54, 1.807) is 12.4 Å². The Morgan fingerprint density at radius 2 is 2.07 bits per heavy atom. The zero-order valence-corrected chi connectivity index (χ0v) is 9.18. The van der Waals surface area contributed by atoms with E-state index < -0.39 is 0 Å². The maximum atomic E-state index is 5.60. The van der Waals surface area contributed by atoms with Gasteiger partial charge in [0.15, 0.2) is 0 Å². The summed E-state index contributed by atoms with van der Waals surface area (Å²) < 4.78 is 5.60. The van der Waals surface area contributed by atoms with Crippen molar-refractivity contribution in [3.8, 4) is 0 Å². The van der Waals surface area contributed by atoms with Crippen molar-refractivity contribution in [2.24, 2.45) is 5.84 Å². The van der Waals surface area contributed by atoms with E-state index in [1.165, 1.54) is 6.33 Å². The molecule has 5 nitrogen and oxygen atoms in total. The first-order chi connectivity index (χ1) is 7.33. The van der Waals surface area contributed by atoms with Crippen molar-refractivity contribution in [2.45, 2.75) is 32.4 Å². The molecule has 2 unspecified atom stereocenters. The molecule has 1 aromatic heterocycles. The van der Waals surface area contributed by atoms with Crippen LogP contribution in [0, 0.1) is 0 Å². The molecule has 0 spiro atoms. The highest BCUT2D eigenvalue weighted by atomic mass is 16.5. The van der Waals surface area contributed by atoms with Crippen LogP contribution in [-0.4, -0.2) is 22.7 Å². The zero-order chi connectivity index (χ0) is 11.1. The number of ether oxygens (including phenoxy) is 1. The lowest BCUT2D eigenvalue weighted by Gasteiger charge is -2.25. The molecule has 0 aliphatic rings. The molecule has 0 saturated heterocycles. The zero-order valence-electron chi connectivity index (χ0n) is 9.18. The van der Waals surface area contributed by atoms with Crippen molar-refractivity contribution in [2.75, 3.05) is 6.61 Å². The minimum Gasteiger partial charge on any atom is -0.376 e. The highest BCUT2D eigenvalue weighted by molar-refractivity contribution is 5.10. The fourth-order valence-corrected chi connectivity index (χ4v) is 1.55. The Morgan fingerprint density at radius 1 is 1.40 bits per heavy atom. The molecule has 1 heterocycles. The van der Waals surface area contributed by atoms with Gasteiger partial charge >= 0.3 is 0 Å². The first-order valence-electron chi connectivity index (χ1n) is 5.16. The molecule has 5 heteroatoms. The third-order valence-electron chi connectivity index (χ3n) is 2.27. The second kappa shape index (κ2) is 6.44. The van der Waals surface area contributed by atoms with E-state index in [1.807, 2.05) is 6.92 Å². The van der Waals surface area contributed by atoms with Crippen LogP contribution < -0.4 is 11.3 Å². The average molecular weight is 210 g/mol. The fourth-order valence-electron chi connectivity index (χ4n) is 1.55. The topological polar surface area (TPSA) is 73.1 Å².